The molecule has 0 bridgehead atoms. The van der Waals surface area contributed by atoms with Gasteiger partial charge in [0.2, 0.25) is 0 Å². The monoisotopic (exact) mass is 306 g/mol. The van der Waals surface area contributed by atoms with Crippen LogP contribution in [-0.4, -0.2) is 25.1 Å². The van der Waals surface area contributed by atoms with Gasteiger partial charge in [0.15, 0.2) is 0 Å². The van der Waals surface area contributed by atoms with Gasteiger partial charge in [-0.25, -0.2) is 9.18 Å². The minimum Gasteiger partial charge on any atom is -0.465 e. The summed E-state index contributed by atoms with van der Waals surface area (Å²) in [6, 6.07) is 0.852. The van der Waals surface area contributed by atoms with Crippen LogP contribution >= 0.6 is 15.9 Å². The van der Waals surface area contributed by atoms with Gasteiger partial charge in [-0.15, -0.1) is 0 Å². The highest BCUT2D eigenvalue weighted by Gasteiger charge is 2.29. The molecule has 0 aliphatic heterocycles. The number of carbonyl (C=O) groups is 1. The minimum atomic E-state index is -0.984. The van der Waals surface area contributed by atoms with E-state index >= 15 is 0 Å². The second kappa shape index (κ2) is 5.09. The molecule has 1 aromatic rings. The molecule has 0 aliphatic carbocycles. The molecule has 0 saturated heterocycles. The van der Waals surface area contributed by atoms with Crippen LogP contribution < -0.4 is 5.32 Å². The molecule has 1 N–H and O–H groups in total. The smallest absolute Gasteiger partial charge is 0.343 e. The minimum absolute atomic E-state index is 0.0583. The average Bonchev–Trinajstić information content (AvgIpc) is 2.26. The van der Waals surface area contributed by atoms with E-state index in [1.54, 1.807) is 0 Å². The molecule has 1 aromatic carbocycles. The molecule has 0 spiro atoms. The molecule has 92 valence electrons. The summed E-state index contributed by atoms with van der Waals surface area (Å²) >= 11 is 2.87. The highest BCUT2D eigenvalue weighted by molar-refractivity contribution is 9.10. The molecule has 0 amide bonds. The lowest BCUT2D eigenvalue weighted by molar-refractivity contribution is -0.384. The Hall–Kier alpha value is -1.70. The van der Waals surface area contributed by atoms with Gasteiger partial charge in [0.05, 0.1) is 12.0 Å². The van der Waals surface area contributed by atoms with Crippen molar-refractivity contribution in [2.75, 3.05) is 19.5 Å². The fourth-order valence-corrected chi connectivity index (χ4v) is 1.88. The van der Waals surface area contributed by atoms with Crippen molar-refractivity contribution in [3.8, 4) is 0 Å². The van der Waals surface area contributed by atoms with Crippen LogP contribution in [0.2, 0.25) is 0 Å². The molecule has 0 saturated carbocycles. The van der Waals surface area contributed by atoms with Crippen molar-refractivity contribution in [1.82, 2.24) is 0 Å². The maximum atomic E-state index is 13.6. The number of nitro benzene ring substituents is 1. The van der Waals surface area contributed by atoms with Gasteiger partial charge in [-0.3, -0.25) is 10.1 Å². The van der Waals surface area contributed by atoms with Crippen molar-refractivity contribution in [1.29, 1.82) is 0 Å². The van der Waals surface area contributed by atoms with Crippen LogP contribution in [0.5, 0.6) is 0 Å². The summed E-state index contributed by atoms with van der Waals surface area (Å²) in [5.41, 5.74) is -1.15. The summed E-state index contributed by atoms with van der Waals surface area (Å²) in [4.78, 5) is 21.5. The Bertz CT molecular complexity index is 492. The number of anilines is 1. The van der Waals surface area contributed by atoms with Crippen LogP contribution in [0.15, 0.2) is 10.5 Å². The van der Waals surface area contributed by atoms with E-state index in [1.807, 2.05) is 0 Å². The SMILES string of the molecule is CNc1c(C(=O)OC)c(F)cc(Br)c1[N+](=O)[O-]. The number of rotatable bonds is 3. The summed E-state index contributed by atoms with van der Waals surface area (Å²) in [7, 11) is 2.41. The lowest BCUT2D eigenvalue weighted by Gasteiger charge is -2.10. The number of ether oxygens (including phenoxy) is 1. The number of nitrogens with zero attached hydrogens (tertiary/aromatic N) is 1. The van der Waals surface area contributed by atoms with Gasteiger partial charge in [-0.1, -0.05) is 0 Å². The van der Waals surface area contributed by atoms with Gasteiger partial charge < -0.3 is 10.1 Å². The van der Waals surface area contributed by atoms with Crippen LogP contribution in [-0.2, 0) is 4.74 Å². The number of methoxy groups -OCH3 is 1. The standard InChI is InChI=1S/C9H8BrFN2O4/c1-12-7-6(9(14)17-2)5(11)3-4(10)8(7)13(15)16/h3,12H,1-2H3. The van der Waals surface area contributed by atoms with E-state index in [2.05, 4.69) is 26.0 Å². The Morgan fingerprint density at radius 3 is 2.65 bits per heavy atom. The third-order valence-electron chi connectivity index (χ3n) is 2.03. The van der Waals surface area contributed by atoms with Gasteiger partial charge in [-0.05, 0) is 22.0 Å². The van der Waals surface area contributed by atoms with Crippen molar-refractivity contribution in [2.45, 2.75) is 0 Å². The summed E-state index contributed by atoms with van der Waals surface area (Å²) in [5, 5.41) is 13.3. The molecule has 0 unspecified atom stereocenters. The van der Waals surface area contributed by atoms with E-state index in [-0.39, 0.29) is 10.2 Å². The number of halogens is 2. The number of carbonyl (C=O) groups excluding carboxylic acids is 1. The average molecular weight is 307 g/mol. The molecular weight excluding hydrogens is 299 g/mol. The number of nitrogens with one attached hydrogen (secondary N) is 1. The van der Waals surface area contributed by atoms with Crippen LogP contribution in [0, 0.1) is 15.9 Å². The lowest BCUT2D eigenvalue weighted by atomic mass is 10.1. The van der Waals surface area contributed by atoms with E-state index in [0.29, 0.717) is 0 Å². The quantitative estimate of drug-likeness (QED) is 0.526. The topological polar surface area (TPSA) is 81.5 Å². The van der Waals surface area contributed by atoms with Crippen molar-refractivity contribution >= 4 is 33.3 Å². The van der Waals surface area contributed by atoms with Gasteiger partial charge in [0.25, 0.3) is 0 Å². The van der Waals surface area contributed by atoms with Crippen LogP contribution in [0.4, 0.5) is 15.8 Å². The van der Waals surface area contributed by atoms with Crippen molar-refractivity contribution in [2.24, 2.45) is 0 Å². The lowest BCUT2D eigenvalue weighted by Crippen LogP contribution is -2.11. The molecule has 0 heterocycles. The third kappa shape index (κ3) is 2.36. The van der Waals surface area contributed by atoms with E-state index in [4.69, 9.17) is 0 Å². The first-order chi connectivity index (χ1) is 7.93. The normalized spacial score (nSPS) is 9.88. The molecule has 6 nitrogen and oxygen atoms in total. The number of benzene rings is 1. The largest absolute Gasteiger partial charge is 0.465 e. The third-order valence-corrected chi connectivity index (χ3v) is 2.63. The molecule has 0 aliphatic rings. The Morgan fingerprint density at radius 1 is 1.65 bits per heavy atom. The predicted octanol–water partition coefficient (Wildman–Crippen LogP) is 2.32. The van der Waals surface area contributed by atoms with Gasteiger partial charge >= 0.3 is 11.7 Å². The fourth-order valence-electron chi connectivity index (χ4n) is 1.33. The van der Waals surface area contributed by atoms with Crippen molar-refractivity contribution < 1.29 is 18.8 Å². The van der Waals surface area contributed by atoms with E-state index in [0.717, 1.165) is 13.2 Å². The Morgan fingerprint density at radius 2 is 2.24 bits per heavy atom. The number of esters is 1. The molecular formula is C9H8BrFN2O4. The first-order valence-corrected chi connectivity index (χ1v) is 5.15. The Kier molecular flexibility index (Phi) is 4.00. The number of hydrogen-bond donors (Lipinski definition) is 1. The van der Waals surface area contributed by atoms with Gasteiger partial charge in [-0.2, -0.15) is 0 Å². The second-order valence-corrected chi connectivity index (χ2v) is 3.79. The molecule has 0 fully saturated rings. The van der Waals surface area contributed by atoms with Crippen LogP contribution in [0.25, 0.3) is 0 Å². The highest BCUT2D eigenvalue weighted by Crippen LogP contribution is 2.37. The molecule has 0 atom stereocenters. The van der Waals surface area contributed by atoms with Gasteiger partial charge in [0.1, 0.15) is 21.5 Å². The first-order valence-electron chi connectivity index (χ1n) is 4.36. The zero-order chi connectivity index (χ0) is 13.2. The van der Waals surface area contributed by atoms with E-state index < -0.39 is 28.0 Å². The summed E-state index contributed by atoms with van der Waals surface area (Å²) in [5.74, 6) is -1.89. The summed E-state index contributed by atoms with van der Waals surface area (Å²) in [6.45, 7) is 0. The summed E-state index contributed by atoms with van der Waals surface area (Å²) < 4.78 is 17.9. The van der Waals surface area contributed by atoms with E-state index in [9.17, 15) is 19.3 Å². The zero-order valence-electron chi connectivity index (χ0n) is 8.91. The molecule has 17 heavy (non-hydrogen) atoms. The van der Waals surface area contributed by atoms with Crippen LogP contribution in [0.3, 0.4) is 0 Å². The van der Waals surface area contributed by atoms with Crippen molar-refractivity contribution in [3.63, 3.8) is 0 Å². The Labute approximate surface area is 104 Å². The molecule has 1 rings (SSSR count). The second-order valence-electron chi connectivity index (χ2n) is 2.94. The van der Waals surface area contributed by atoms with Crippen LogP contribution in [0.1, 0.15) is 10.4 Å². The summed E-state index contributed by atoms with van der Waals surface area (Å²) in [6.07, 6.45) is 0. The van der Waals surface area contributed by atoms with E-state index in [1.165, 1.54) is 7.05 Å². The first kappa shape index (κ1) is 13.4. The molecule has 0 radical (unpaired) electrons. The maximum Gasteiger partial charge on any atom is 0.343 e. The zero-order valence-corrected chi connectivity index (χ0v) is 10.5. The molecule has 0 aromatic heterocycles. The molecule has 8 heteroatoms. The predicted molar refractivity (Wildman–Crippen MR) is 61.6 cm³/mol. The Balaban J connectivity index is 3.65. The maximum absolute atomic E-state index is 13.6. The van der Waals surface area contributed by atoms with Crippen molar-refractivity contribution in [3.05, 3.63) is 32.0 Å². The number of hydrogen-bond acceptors (Lipinski definition) is 5. The number of nitro groups is 1. The highest BCUT2D eigenvalue weighted by atomic mass is 79.9. The fraction of sp³-hybridized carbons (Fsp3) is 0.222. The van der Waals surface area contributed by atoms with Gasteiger partial charge in [0, 0.05) is 7.05 Å².